The number of furan rings is 1. The minimum Gasteiger partial charge on any atom is -0.490 e. The van der Waals surface area contributed by atoms with Crippen molar-refractivity contribution in [2.45, 2.75) is 0 Å². The van der Waals surface area contributed by atoms with Crippen LogP contribution in [0.3, 0.4) is 0 Å². The van der Waals surface area contributed by atoms with E-state index < -0.39 is 16.1 Å². The maximum absolute atomic E-state index is 12.7. The van der Waals surface area contributed by atoms with E-state index in [1.807, 2.05) is 0 Å². The normalized spacial score (nSPS) is 14.8. The molecule has 2 amide bonds. The Morgan fingerprint density at radius 3 is 2.67 bits per heavy atom. The van der Waals surface area contributed by atoms with E-state index in [0.29, 0.717) is 10.8 Å². The maximum Gasteiger partial charge on any atom is 0.293 e. The minimum atomic E-state index is -0.556. The molecular weight excluding hydrogens is 491 g/mol. The highest BCUT2D eigenvalue weighted by Gasteiger charge is 2.35. The van der Waals surface area contributed by atoms with Crippen LogP contribution in [0.4, 0.5) is 10.5 Å². The van der Waals surface area contributed by atoms with Crippen molar-refractivity contribution in [3.05, 3.63) is 85.4 Å². The van der Waals surface area contributed by atoms with Crippen LogP contribution < -0.4 is 4.74 Å². The lowest BCUT2D eigenvalue weighted by atomic mass is 10.1. The molecule has 0 bridgehead atoms. The average molecular weight is 505 g/mol. The third kappa shape index (κ3) is 5.05. The van der Waals surface area contributed by atoms with E-state index >= 15 is 0 Å². The molecule has 4 rings (SSSR count). The predicted molar refractivity (Wildman–Crippen MR) is 125 cm³/mol. The standard InChI is InChI=1S/C22H14Cl2N2O6S/c23-13-5-7-15(17(11-13)26(29)30)18-8-6-14(32-18)12-20-21(27)25(22(28)33-20)9-10-31-19-4-2-1-3-16(19)24/h1-8,11-12H,9-10H2/b20-12-. The van der Waals surface area contributed by atoms with Crippen molar-refractivity contribution in [3.63, 3.8) is 0 Å². The predicted octanol–water partition coefficient (Wildman–Crippen LogP) is 6.28. The smallest absolute Gasteiger partial charge is 0.293 e. The summed E-state index contributed by atoms with van der Waals surface area (Å²) >= 11 is 12.7. The molecule has 2 aromatic carbocycles. The van der Waals surface area contributed by atoms with E-state index in [9.17, 15) is 19.7 Å². The lowest BCUT2D eigenvalue weighted by molar-refractivity contribution is -0.384. The van der Waals surface area contributed by atoms with Crippen LogP contribution in [0.1, 0.15) is 5.76 Å². The zero-order valence-electron chi connectivity index (χ0n) is 16.7. The van der Waals surface area contributed by atoms with E-state index in [1.54, 1.807) is 36.4 Å². The van der Waals surface area contributed by atoms with Crippen LogP contribution in [0.5, 0.6) is 5.75 Å². The number of halogens is 2. The van der Waals surface area contributed by atoms with Crippen molar-refractivity contribution in [2.24, 2.45) is 0 Å². The zero-order valence-corrected chi connectivity index (χ0v) is 19.0. The second-order valence-corrected chi connectivity index (χ2v) is 8.57. The first-order valence-corrected chi connectivity index (χ1v) is 11.1. The maximum atomic E-state index is 12.7. The Labute approximate surface area is 201 Å². The van der Waals surface area contributed by atoms with Gasteiger partial charge in [0.1, 0.15) is 23.9 Å². The SMILES string of the molecule is O=C1S/C(=C\c2ccc(-c3ccc(Cl)cc3[N+](=O)[O-])o2)C(=O)N1CCOc1ccccc1Cl. The second kappa shape index (κ2) is 9.70. The van der Waals surface area contributed by atoms with Gasteiger partial charge >= 0.3 is 0 Å². The van der Waals surface area contributed by atoms with Gasteiger partial charge in [0, 0.05) is 17.2 Å². The summed E-state index contributed by atoms with van der Waals surface area (Å²) in [5, 5.41) is 11.6. The molecule has 8 nitrogen and oxygen atoms in total. The molecule has 11 heteroatoms. The quantitative estimate of drug-likeness (QED) is 0.212. The van der Waals surface area contributed by atoms with Gasteiger partial charge in [-0.25, -0.2) is 0 Å². The highest BCUT2D eigenvalue weighted by molar-refractivity contribution is 8.18. The first-order valence-electron chi connectivity index (χ1n) is 9.50. The molecular formula is C22H14Cl2N2O6S. The van der Waals surface area contributed by atoms with Crippen LogP contribution in [0.25, 0.3) is 17.4 Å². The zero-order chi connectivity index (χ0) is 23.5. The molecule has 1 aliphatic rings. The average Bonchev–Trinajstić information content (AvgIpc) is 3.34. The summed E-state index contributed by atoms with van der Waals surface area (Å²) in [6.07, 6.45) is 1.42. The highest BCUT2D eigenvalue weighted by Crippen LogP contribution is 2.36. The Morgan fingerprint density at radius 1 is 1.12 bits per heavy atom. The van der Waals surface area contributed by atoms with Gasteiger partial charge in [0.25, 0.3) is 16.8 Å². The molecule has 1 saturated heterocycles. The first-order chi connectivity index (χ1) is 15.8. The van der Waals surface area contributed by atoms with E-state index in [1.165, 1.54) is 24.3 Å². The summed E-state index contributed by atoms with van der Waals surface area (Å²) in [5.41, 5.74) is 0.0381. The third-order valence-corrected chi connectivity index (χ3v) is 6.06. The van der Waals surface area contributed by atoms with Crippen LogP contribution in [0, 0.1) is 10.1 Å². The molecule has 0 N–H and O–H groups in total. The van der Waals surface area contributed by atoms with Gasteiger partial charge < -0.3 is 9.15 Å². The van der Waals surface area contributed by atoms with Crippen molar-refractivity contribution in [1.82, 2.24) is 4.90 Å². The molecule has 1 fully saturated rings. The summed E-state index contributed by atoms with van der Waals surface area (Å²) in [5.74, 6) is 0.480. The molecule has 1 aliphatic heterocycles. The lowest BCUT2D eigenvalue weighted by Crippen LogP contribution is -2.32. The minimum absolute atomic E-state index is 0.0492. The van der Waals surface area contributed by atoms with Crippen molar-refractivity contribution in [2.75, 3.05) is 13.2 Å². The Hall–Kier alpha value is -3.27. The molecule has 1 aromatic heterocycles. The lowest BCUT2D eigenvalue weighted by Gasteiger charge is -2.13. The number of nitrogens with zero attached hydrogens (tertiary/aromatic N) is 2. The first kappa shape index (κ1) is 22.9. The number of carbonyl (C=O) groups is 2. The van der Waals surface area contributed by atoms with Crippen LogP contribution in [-0.4, -0.2) is 34.1 Å². The molecule has 3 aromatic rings. The van der Waals surface area contributed by atoms with Crippen molar-refractivity contribution in [3.8, 4) is 17.1 Å². The monoisotopic (exact) mass is 504 g/mol. The largest absolute Gasteiger partial charge is 0.490 e. The number of carbonyl (C=O) groups excluding carboxylic acids is 2. The summed E-state index contributed by atoms with van der Waals surface area (Å²) in [4.78, 5) is 37.0. The van der Waals surface area contributed by atoms with Crippen molar-refractivity contribution >= 4 is 57.9 Å². The molecule has 0 spiro atoms. The van der Waals surface area contributed by atoms with Gasteiger partial charge in [-0.2, -0.15) is 0 Å². The number of ether oxygens (including phenoxy) is 1. The Bertz CT molecular complexity index is 1290. The molecule has 0 saturated carbocycles. The van der Waals surface area contributed by atoms with E-state index in [0.717, 1.165) is 16.7 Å². The van der Waals surface area contributed by atoms with Gasteiger partial charge in [-0.3, -0.25) is 24.6 Å². The van der Waals surface area contributed by atoms with Crippen LogP contribution >= 0.6 is 35.0 Å². The number of nitro groups is 1. The number of hydrogen-bond donors (Lipinski definition) is 0. The molecule has 0 aliphatic carbocycles. The van der Waals surface area contributed by atoms with Crippen LogP contribution in [-0.2, 0) is 4.79 Å². The number of hydrogen-bond acceptors (Lipinski definition) is 7. The number of para-hydroxylation sites is 1. The second-order valence-electron chi connectivity index (χ2n) is 6.73. The van der Waals surface area contributed by atoms with E-state index in [4.69, 9.17) is 32.4 Å². The van der Waals surface area contributed by atoms with Crippen molar-refractivity contribution in [1.29, 1.82) is 0 Å². The fourth-order valence-corrected chi connectivity index (χ4v) is 4.27. The Balaban J connectivity index is 1.47. The Kier molecular flexibility index (Phi) is 6.73. The summed E-state index contributed by atoms with van der Waals surface area (Å²) < 4.78 is 11.2. The number of benzene rings is 2. The highest BCUT2D eigenvalue weighted by atomic mass is 35.5. The van der Waals surface area contributed by atoms with Gasteiger partial charge in [-0.1, -0.05) is 35.3 Å². The molecule has 168 valence electrons. The molecule has 0 atom stereocenters. The number of nitro benzene ring substituents is 1. The molecule has 0 radical (unpaired) electrons. The number of thioether (sulfide) groups is 1. The number of amides is 2. The van der Waals surface area contributed by atoms with Gasteiger partial charge in [0.05, 0.1) is 27.0 Å². The summed E-state index contributed by atoms with van der Waals surface area (Å²) in [6, 6.07) is 14.2. The fraction of sp³-hybridized carbons (Fsp3) is 0.0909. The van der Waals surface area contributed by atoms with E-state index in [-0.39, 0.29) is 45.9 Å². The van der Waals surface area contributed by atoms with Crippen molar-refractivity contribution < 1.29 is 23.7 Å². The van der Waals surface area contributed by atoms with Gasteiger partial charge in [-0.15, -0.1) is 0 Å². The fourth-order valence-electron chi connectivity index (χ4n) is 3.07. The molecule has 33 heavy (non-hydrogen) atoms. The number of rotatable bonds is 7. The molecule has 2 heterocycles. The van der Waals surface area contributed by atoms with Crippen LogP contribution in [0.15, 0.2) is 63.9 Å². The van der Waals surface area contributed by atoms with Crippen LogP contribution in [0.2, 0.25) is 10.0 Å². The third-order valence-electron chi connectivity index (χ3n) is 4.60. The van der Waals surface area contributed by atoms with Gasteiger partial charge in [0.15, 0.2) is 0 Å². The summed E-state index contributed by atoms with van der Waals surface area (Å²) in [7, 11) is 0. The Morgan fingerprint density at radius 2 is 1.91 bits per heavy atom. The van der Waals surface area contributed by atoms with Gasteiger partial charge in [0.2, 0.25) is 0 Å². The number of imide groups is 1. The molecule has 0 unspecified atom stereocenters. The van der Waals surface area contributed by atoms with E-state index in [2.05, 4.69) is 0 Å². The topological polar surface area (TPSA) is 103 Å². The summed E-state index contributed by atoms with van der Waals surface area (Å²) in [6.45, 7) is 0.133. The van der Waals surface area contributed by atoms with Gasteiger partial charge in [-0.05, 0) is 48.2 Å².